The summed E-state index contributed by atoms with van der Waals surface area (Å²) in [5.74, 6) is 1.15. The minimum atomic E-state index is -3.92. The first-order valence-corrected chi connectivity index (χ1v) is 7.66. The highest BCUT2D eigenvalue weighted by atomic mass is 35.5. The Bertz CT molecular complexity index is 649. The van der Waals surface area contributed by atoms with Crippen molar-refractivity contribution in [3.05, 3.63) is 28.8 Å². The number of nitrogens with one attached hydrogen (secondary N) is 1. The number of carbonyl (C=O) groups is 1. The van der Waals surface area contributed by atoms with Gasteiger partial charge < -0.3 is 5.11 Å². The lowest BCUT2D eigenvalue weighted by atomic mass is 10.2. The highest BCUT2D eigenvalue weighted by Crippen LogP contribution is 2.23. The molecule has 0 aliphatic carbocycles. The topological polar surface area (TPSA) is 83.5 Å². The van der Waals surface area contributed by atoms with E-state index in [9.17, 15) is 13.2 Å². The van der Waals surface area contributed by atoms with Gasteiger partial charge in [0.15, 0.2) is 0 Å². The van der Waals surface area contributed by atoms with Crippen molar-refractivity contribution < 1.29 is 18.3 Å². The van der Waals surface area contributed by atoms with E-state index in [1.54, 1.807) is 6.92 Å². The molecule has 1 rings (SSSR count). The maximum Gasteiger partial charge on any atom is 0.335 e. The van der Waals surface area contributed by atoms with E-state index in [0.29, 0.717) is 6.42 Å². The summed E-state index contributed by atoms with van der Waals surface area (Å²) in [6.07, 6.45) is 5.92. The summed E-state index contributed by atoms with van der Waals surface area (Å²) in [7, 11) is -3.92. The van der Waals surface area contributed by atoms with Crippen LogP contribution in [0.3, 0.4) is 0 Å². The second kappa shape index (κ2) is 6.75. The Hall–Kier alpha value is -1.55. The van der Waals surface area contributed by atoms with Crippen LogP contribution in [0.2, 0.25) is 5.02 Å². The zero-order valence-electron chi connectivity index (χ0n) is 10.8. The largest absolute Gasteiger partial charge is 0.478 e. The summed E-state index contributed by atoms with van der Waals surface area (Å²) in [5, 5.41) is 8.85. The Balaban J connectivity index is 3.18. The van der Waals surface area contributed by atoms with Crippen molar-refractivity contribution >= 4 is 27.6 Å². The summed E-state index contributed by atoms with van der Waals surface area (Å²) >= 11 is 5.84. The monoisotopic (exact) mass is 315 g/mol. The van der Waals surface area contributed by atoms with Crippen LogP contribution in [0.25, 0.3) is 0 Å². The summed E-state index contributed by atoms with van der Waals surface area (Å²) in [6, 6.07) is 3.08. The predicted octanol–water partition coefficient (Wildman–Crippen LogP) is 2.12. The number of benzene rings is 1. The normalized spacial score (nSPS) is 12.7. The molecular weight excluding hydrogens is 302 g/mol. The number of terminal acetylenes is 1. The van der Waals surface area contributed by atoms with E-state index in [1.807, 2.05) is 0 Å². The molecule has 2 N–H and O–H groups in total. The van der Waals surface area contributed by atoms with Gasteiger partial charge in [0.1, 0.15) is 4.90 Å². The summed E-state index contributed by atoms with van der Waals surface area (Å²) in [4.78, 5) is 10.6. The van der Waals surface area contributed by atoms with E-state index >= 15 is 0 Å². The molecule has 1 unspecified atom stereocenters. The highest BCUT2D eigenvalue weighted by molar-refractivity contribution is 7.89. The highest BCUT2D eigenvalue weighted by Gasteiger charge is 2.22. The van der Waals surface area contributed by atoms with E-state index < -0.39 is 22.0 Å². The molecule has 20 heavy (non-hydrogen) atoms. The first kappa shape index (κ1) is 16.5. The van der Waals surface area contributed by atoms with Gasteiger partial charge in [-0.05, 0) is 24.6 Å². The molecule has 0 fully saturated rings. The van der Waals surface area contributed by atoms with E-state index in [4.69, 9.17) is 23.1 Å². The van der Waals surface area contributed by atoms with E-state index in [-0.39, 0.29) is 21.9 Å². The summed E-state index contributed by atoms with van der Waals surface area (Å²) in [6.45, 7) is 1.79. The molecule has 5 nitrogen and oxygen atoms in total. The van der Waals surface area contributed by atoms with Crippen molar-refractivity contribution in [2.45, 2.75) is 30.7 Å². The van der Waals surface area contributed by atoms with Gasteiger partial charge in [-0.3, -0.25) is 0 Å². The van der Waals surface area contributed by atoms with Crippen LogP contribution in [-0.4, -0.2) is 25.5 Å². The van der Waals surface area contributed by atoms with Crippen LogP contribution in [-0.2, 0) is 10.0 Å². The van der Waals surface area contributed by atoms with E-state index in [1.165, 1.54) is 12.1 Å². The third kappa shape index (κ3) is 3.97. The van der Waals surface area contributed by atoms with Gasteiger partial charge in [-0.25, -0.2) is 17.9 Å². The lowest BCUT2D eigenvalue weighted by molar-refractivity contribution is 0.0696. The molecule has 0 amide bonds. The molecular formula is C13H14ClNO4S. The van der Waals surface area contributed by atoms with Crippen molar-refractivity contribution in [3.63, 3.8) is 0 Å². The van der Waals surface area contributed by atoms with Crippen LogP contribution in [0.1, 0.15) is 30.1 Å². The van der Waals surface area contributed by atoms with Crippen LogP contribution < -0.4 is 4.72 Å². The lowest BCUT2D eigenvalue weighted by Crippen LogP contribution is -2.34. The molecule has 0 heterocycles. The standard InChI is InChI=1S/C13H14ClNO4S/c1-3-5-10(4-2)15-20(18,19)12-8-9(13(16)17)6-7-11(12)14/h1,6-8,10,15H,4-5H2,2H3,(H,16,17). The first-order chi connectivity index (χ1) is 9.31. The minimum Gasteiger partial charge on any atom is -0.478 e. The Morgan fingerprint density at radius 3 is 2.70 bits per heavy atom. The maximum absolute atomic E-state index is 12.2. The fraction of sp³-hybridized carbons (Fsp3) is 0.308. The molecule has 0 saturated heterocycles. The van der Waals surface area contributed by atoms with Crippen LogP contribution >= 0.6 is 11.6 Å². The fourth-order valence-corrected chi connectivity index (χ4v) is 3.38. The number of rotatable bonds is 6. The number of sulfonamides is 1. The van der Waals surface area contributed by atoms with Gasteiger partial charge in [0.05, 0.1) is 10.6 Å². The third-order valence-corrected chi connectivity index (χ3v) is 4.65. The van der Waals surface area contributed by atoms with Gasteiger partial charge in [0.25, 0.3) is 0 Å². The molecule has 108 valence electrons. The third-order valence-electron chi connectivity index (χ3n) is 2.65. The second-order valence-electron chi connectivity index (χ2n) is 4.09. The zero-order valence-corrected chi connectivity index (χ0v) is 12.3. The van der Waals surface area contributed by atoms with Gasteiger partial charge >= 0.3 is 5.97 Å². The number of aromatic carboxylic acids is 1. The van der Waals surface area contributed by atoms with Crippen molar-refractivity contribution in [1.29, 1.82) is 0 Å². The second-order valence-corrected chi connectivity index (χ2v) is 6.17. The number of carboxylic acids is 1. The Morgan fingerprint density at radius 2 is 2.20 bits per heavy atom. The van der Waals surface area contributed by atoms with E-state index in [2.05, 4.69) is 10.6 Å². The molecule has 0 aromatic heterocycles. The smallest absolute Gasteiger partial charge is 0.335 e. The van der Waals surface area contributed by atoms with Crippen LogP contribution in [0.15, 0.2) is 23.1 Å². The number of carboxylic acid groups (broad SMARTS) is 1. The van der Waals surface area contributed by atoms with Gasteiger partial charge in [-0.15, -0.1) is 12.3 Å². The van der Waals surface area contributed by atoms with Crippen LogP contribution in [0.4, 0.5) is 0 Å². The van der Waals surface area contributed by atoms with Crippen molar-refractivity contribution in [2.24, 2.45) is 0 Å². The molecule has 7 heteroatoms. The molecule has 0 aliphatic rings. The molecule has 0 bridgehead atoms. The van der Waals surface area contributed by atoms with Crippen LogP contribution in [0.5, 0.6) is 0 Å². The van der Waals surface area contributed by atoms with Crippen molar-refractivity contribution in [3.8, 4) is 12.3 Å². The summed E-state index contributed by atoms with van der Waals surface area (Å²) < 4.78 is 26.8. The molecule has 1 atom stereocenters. The summed E-state index contributed by atoms with van der Waals surface area (Å²) in [5.41, 5.74) is -0.153. The Morgan fingerprint density at radius 1 is 1.55 bits per heavy atom. The van der Waals surface area contributed by atoms with Gasteiger partial charge in [0, 0.05) is 12.5 Å². The van der Waals surface area contributed by atoms with Gasteiger partial charge in [-0.2, -0.15) is 0 Å². The quantitative estimate of drug-likeness (QED) is 0.788. The molecule has 0 radical (unpaired) electrons. The Labute approximate surface area is 123 Å². The van der Waals surface area contributed by atoms with Gasteiger partial charge in [-0.1, -0.05) is 18.5 Å². The number of hydrogen-bond donors (Lipinski definition) is 2. The molecule has 0 aliphatic heterocycles. The molecule has 0 saturated carbocycles. The lowest BCUT2D eigenvalue weighted by Gasteiger charge is -2.15. The fourth-order valence-electron chi connectivity index (χ4n) is 1.54. The Kier molecular flexibility index (Phi) is 5.57. The predicted molar refractivity (Wildman–Crippen MR) is 76.3 cm³/mol. The first-order valence-electron chi connectivity index (χ1n) is 5.80. The number of halogens is 1. The van der Waals surface area contributed by atoms with Gasteiger partial charge in [0.2, 0.25) is 10.0 Å². The van der Waals surface area contributed by atoms with Crippen LogP contribution in [0, 0.1) is 12.3 Å². The van der Waals surface area contributed by atoms with Crippen molar-refractivity contribution in [2.75, 3.05) is 0 Å². The van der Waals surface area contributed by atoms with E-state index in [0.717, 1.165) is 6.07 Å². The average Bonchev–Trinajstić information content (AvgIpc) is 2.37. The molecule has 0 spiro atoms. The van der Waals surface area contributed by atoms with Crippen molar-refractivity contribution in [1.82, 2.24) is 4.72 Å². The minimum absolute atomic E-state index is 0.0435. The SMILES string of the molecule is C#CCC(CC)NS(=O)(=O)c1cc(C(=O)O)ccc1Cl. The maximum atomic E-state index is 12.2. The average molecular weight is 316 g/mol. The molecule has 1 aromatic rings. The zero-order chi connectivity index (χ0) is 15.3. The molecule has 1 aromatic carbocycles. The number of hydrogen-bond acceptors (Lipinski definition) is 3.